The van der Waals surface area contributed by atoms with Gasteiger partial charge in [-0.3, -0.25) is 0 Å². The van der Waals surface area contributed by atoms with Crippen LogP contribution in [0.2, 0.25) is 0 Å². The van der Waals surface area contributed by atoms with Crippen molar-refractivity contribution >= 4 is 0 Å². The molecule has 0 bridgehead atoms. The predicted molar refractivity (Wildman–Crippen MR) is 34.8 cm³/mol. The van der Waals surface area contributed by atoms with E-state index < -0.39 is 24.6 Å². The number of ether oxygens (including phenoxy) is 2. The van der Waals surface area contributed by atoms with Crippen molar-refractivity contribution in [1.29, 1.82) is 0 Å². The summed E-state index contributed by atoms with van der Waals surface area (Å²) in [4.78, 5) is 0. The lowest BCUT2D eigenvalue weighted by molar-refractivity contribution is -0.261. The Labute approximate surface area is 64.2 Å². The van der Waals surface area contributed by atoms with E-state index in [9.17, 15) is 0 Å². The molecule has 5 heteroatoms. The maximum atomic E-state index is 9.15. The normalized spacial score (nSPS) is 45.8. The molecule has 3 N–H and O–H groups in total. The van der Waals surface area contributed by atoms with E-state index in [1.165, 1.54) is 7.11 Å². The molecule has 11 heavy (non-hydrogen) atoms. The predicted octanol–water partition coefficient (Wildman–Crippen LogP) is -1.93. The second kappa shape index (κ2) is 3.46. The molecular weight excluding hydrogens is 152 g/mol. The van der Waals surface area contributed by atoms with Gasteiger partial charge in [0, 0.05) is 7.11 Å². The Morgan fingerprint density at radius 2 is 1.91 bits per heavy atom. The second-order valence-corrected chi connectivity index (χ2v) is 2.49. The van der Waals surface area contributed by atoms with Gasteiger partial charge in [-0.15, -0.1) is 0 Å². The van der Waals surface area contributed by atoms with Gasteiger partial charge in [-0.25, -0.2) is 0 Å². The topological polar surface area (TPSA) is 79.2 Å². The summed E-state index contributed by atoms with van der Waals surface area (Å²) in [5, 5.41) is 27.2. The third-order valence-corrected chi connectivity index (χ3v) is 1.69. The van der Waals surface area contributed by atoms with Gasteiger partial charge in [0.05, 0.1) is 6.61 Å². The highest BCUT2D eigenvalue weighted by Crippen LogP contribution is 2.15. The number of aliphatic hydroxyl groups is 3. The third-order valence-electron chi connectivity index (χ3n) is 1.69. The quantitative estimate of drug-likeness (QED) is 0.420. The summed E-state index contributed by atoms with van der Waals surface area (Å²) in [6.07, 6.45) is -4.23. The molecule has 1 saturated heterocycles. The summed E-state index contributed by atoms with van der Waals surface area (Å²) in [5.74, 6) is 0. The zero-order chi connectivity index (χ0) is 8.43. The molecule has 0 amide bonds. The van der Waals surface area contributed by atoms with Crippen LogP contribution >= 0.6 is 0 Å². The van der Waals surface area contributed by atoms with Gasteiger partial charge in [0.25, 0.3) is 0 Å². The van der Waals surface area contributed by atoms with Crippen LogP contribution in [0.3, 0.4) is 0 Å². The Morgan fingerprint density at radius 3 is 2.45 bits per heavy atom. The smallest absolute Gasteiger partial charge is 0.185 e. The number of methoxy groups -OCH3 is 1. The van der Waals surface area contributed by atoms with Gasteiger partial charge in [0.2, 0.25) is 0 Å². The Kier molecular flexibility index (Phi) is 2.80. The largest absolute Gasteiger partial charge is 0.388 e. The summed E-state index contributed by atoms with van der Waals surface area (Å²) < 4.78 is 9.52. The first-order valence-corrected chi connectivity index (χ1v) is 3.35. The molecule has 1 rings (SSSR count). The molecule has 0 aliphatic carbocycles. The molecular formula is C6H12O5. The fraction of sp³-hybridized carbons (Fsp3) is 1.00. The van der Waals surface area contributed by atoms with Gasteiger partial charge in [-0.2, -0.15) is 0 Å². The van der Waals surface area contributed by atoms with Gasteiger partial charge in [-0.1, -0.05) is 0 Å². The van der Waals surface area contributed by atoms with Crippen LogP contribution in [0.4, 0.5) is 0 Å². The van der Waals surface area contributed by atoms with E-state index >= 15 is 0 Å². The van der Waals surface area contributed by atoms with Gasteiger partial charge in [0.1, 0.15) is 18.3 Å². The fourth-order valence-electron chi connectivity index (χ4n) is 0.987. The minimum absolute atomic E-state index is 0.0171. The third kappa shape index (κ3) is 1.69. The van der Waals surface area contributed by atoms with E-state index in [0.717, 1.165) is 0 Å². The molecule has 0 radical (unpaired) electrons. The molecule has 0 aromatic carbocycles. The van der Waals surface area contributed by atoms with Crippen molar-refractivity contribution in [2.45, 2.75) is 24.6 Å². The summed E-state index contributed by atoms with van der Waals surface area (Å²) in [5.41, 5.74) is 0. The molecule has 0 spiro atoms. The lowest BCUT2D eigenvalue weighted by Crippen LogP contribution is -2.53. The van der Waals surface area contributed by atoms with Crippen LogP contribution < -0.4 is 0 Å². The molecule has 3 unspecified atom stereocenters. The maximum absolute atomic E-state index is 9.15. The Morgan fingerprint density at radius 1 is 1.27 bits per heavy atom. The van der Waals surface area contributed by atoms with Crippen LogP contribution in [0.25, 0.3) is 0 Å². The molecule has 0 saturated carbocycles. The van der Waals surface area contributed by atoms with Crippen molar-refractivity contribution in [2.24, 2.45) is 0 Å². The molecule has 66 valence electrons. The summed E-state index contributed by atoms with van der Waals surface area (Å²) in [6.45, 7) is -0.0171. The lowest BCUT2D eigenvalue weighted by Gasteiger charge is -2.33. The van der Waals surface area contributed by atoms with E-state index in [2.05, 4.69) is 4.74 Å². The molecule has 1 heterocycles. The van der Waals surface area contributed by atoms with Crippen molar-refractivity contribution in [2.75, 3.05) is 13.7 Å². The lowest BCUT2D eigenvalue weighted by atomic mass is 10.1. The fourth-order valence-corrected chi connectivity index (χ4v) is 0.987. The minimum Gasteiger partial charge on any atom is -0.388 e. The average Bonchev–Trinajstić information content (AvgIpc) is 2.01. The van der Waals surface area contributed by atoms with Crippen LogP contribution in [0.5, 0.6) is 0 Å². The van der Waals surface area contributed by atoms with Crippen LogP contribution in [-0.4, -0.2) is 53.6 Å². The maximum Gasteiger partial charge on any atom is 0.185 e. The number of hydrogen-bond donors (Lipinski definition) is 3. The van der Waals surface area contributed by atoms with Crippen LogP contribution in [0.1, 0.15) is 0 Å². The summed E-state index contributed by atoms with van der Waals surface area (Å²) >= 11 is 0. The molecule has 4 atom stereocenters. The molecule has 1 aliphatic rings. The Balaban J connectivity index is 2.52. The SMILES string of the molecule is COC1OCC(O)C(O)[C@@H]1O. The average molecular weight is 164 g/mol. The van der Waals surface area contributed by atoms with Crippen molar-refractivity contribution in [3.63, 3.8) is 0 Å². The van der Waals surface area contributed by atoms with Crippen LogP contribution in [0, 0.1) is 0 Å². The van der Waals surface area contributed by atoms with E-state index in [4.69, 9.17) is 20.1 Å². The molecule has 0 aromatic rings. The van der Waals surface area contributed by atoms with E-state index in [1.54, 1.807) is 0 Å². The van der Waals surface area contributed by atoms with E-state index in [-0.39, 0.29) is 6.61 Å². The van der Waals surface area contributed by atoms with Gasteiger partial charge < -0.3 is 24.8 Å². The number of aliphatic hydroxyl groups excluding tert-OH is 3. The van der Waals surface area contributed by atoms with Crippen molar-refractivity contribution in [3.05, 3.63) is 0 Å². The van der Waals surface area contributed by atoms with Crippen LogP contribution in [0.15, 0.2) is 0 Å². The highest BCUT2D eigenvalue weighted by Gasteiger charge is 2.37. The number of hydrogen-bond acceptors (Lipinski definition) is 5. The molecule has 1 aliphatic heterocycles. The Bertz CT molecular complexity index is 126. The monoisotopic (exact) mass is 164 g/mol. The summed E-state index contributed by atoms with van der Waals surface area (Å²) in [6, 6.07) is 0. The molecule has 1 fully saturated rings. The van der Waals surface area contributed by atoms with E-state index in [0.29, 0.717) is 0 Å². The van der Waals surface area contributed by atoms with Crippen molar-refractivity contribution in [3.8, 4) is 0 Å². The van der Waals surface area contributed by atoms with E-state index in [1.807, 2.05) is 0 Å². The number of rotatable bonds is 1. The zero-order valence-electron chi connectivity index (χ0n) is 6.17. The van der Waals surface area contributed by atoms with Crippen LogP contribution in [-0.2, 0) is 9.47 Å². The van der Waals surface area contributed by atoms with Crippen molar-refractivity contribution in [1.82, 2.24) is 0 Å². The van der Waals surface area contributed by atoms with Gasteiger partial charge in [0.15, 0.2) is 6.29 Å². The second-order valence-electron chi connectivity index (χ2n) is 2.49. The highest BCUT2D eigenvalue weighted by molar-refractivity contribution is 4.81. The summed E-state index contributed by atoms with van der Waals surface area (Å²) in [7, 11) is 1.36. The van der Waals surface area contributed by atoms with Gasteiger partial charge in [-0.05, 0) is 0 Å². The zero-order valence-corrected chi connectivity index (χ0v) is 6.17. The first-order chi connectivity index (χ1) is 5.16. The Hall–Kier alpha value is -0.200. The molecule has 0 aromatic heterocycles. The standard InChI is InChI=1S/C6H12O5/c1-10-6-5(9)4(8)3(7)2-11-6/h3-9H,2H2,1H3/t3?,4?,5-,6?/m0/s1. The molecule has 5 nitrogen and oxygen atoms in total. The van der Waals surface area contributed by atoms with Crippen molar-refractivity contribution < 1.29 is 24.8 Å². The first kappa shape index (κ1) is 8.89. The first-order valence-electron chi connectivity index (χ1n) is 3.35. The highest BCUT2D eigenvalue weighted by atomic mass is 16.7. The minimum atomic E-state index is -1.19. The van der Waals surface area contributed by atoms with Gasteiger partial charge >= 0.3 is 0 Å².